The van der Waals surface area contributed by atoms with Gasteiger partial charge in [-0.2, -0.15) is 0 Å². The van der Waals surface area contributed by atoms with Crippen molar-refractivity contribution in [3.05, 3.63) is 0 Å². The molecule has 1 N–H and O–H groups in total. The van der Waals surface area contributed by atoms with Crippen molar-refractivity contribution in [3.63, 3.8) is 0 Å². The molecule has 0 aliphatic carbocycles. The van der Waals surface area contributed by atoms with Gasteiger partial charge in [0.1, 0.15) is 0 Å². The Kier molecular flexibility index (Phi) is 7.38. The van der Waals surface area contributed by atoms with Crippen LogP contribution in [-0.4, -0.2) is 25.8 Å². The van der Waals surface area contributed by atoms with E-state index in [-0.39, 0.29) is 0 Å². The minimum atomic E-state index is 0.454. The Morgan fingerprint density at radius 2 is 2.05 bits per heavy atom. The quantitative estimate of drug-likeness (QED) is 0.706. The van der Waals surface area contributed by atoms with Crippen LogP contribution in [0.25, 0.3) is 0 Å². The molecular weight excluding hydrogens is 234 g/mol. The average Bonchev–Trinajstić information content (AvgIpc) is 2.78. The van der Waals surface area contributed by atoms with E-state index in [1.165, 1.54) is 44.9 Å². The van der Waals surface area contributed by atoms with Crippen molar-refractivity contribution >= 4 is 0 Å². The molecule has 2 nitrogen and oxygen atoms in total. The van der Waals surface area contributed by atoms with Gasteiger partial charge in [-0.25, -0.2) is 0 Å². The van der Waals surface area contributed by atoms with Crippen molar-refractivity contribution in [2.24, 2.45) is 11.3 Å². The van der Waals surface area contributed by atoms with Gasteiger partial charge >= 0.3 is 0 Å². The predicted octanol–water partition coefficient (Wildman–Crippen LogP) is 4.39. The van der Waals surface area contributed by atoms with Gasteiger partial charge in [0.25, 0.3) is 0 Å². The molecule has 0 radical (unpaired) electrons. The molecule has 0 aromatic rings. The van der Waals surface area contributed by atoms with Crippen LogP contribution in [0.2, 0.25) is 0 Å². The molecule has 0 amide bonds. The maximum absolute atomic E-state index is 5.69. The van der Waals surface area contributed by atoms with Crippen LogP contribution in [0, 0.1) is 11.3 Å². The topological polar surface area (TPSA) is 21.3 Å². The summed E-state index contributed by atoms with van der Waals surface area (Å²) in [6.45, 7) is 10.4. The molecule has 3 unspecified atom stereocenters. The van der Waals surface area contributed by atoms with Crippen LogP contribution in [-0.2, 0) is 4.74 Å². The van der Waals surface area contributed by atoms with Crippen molar-refractivity contribution in [1.82, 2.24) is 5.32 Å². The van der Waals surface area contributed by atoms with Gasteiger partial charge in [0.05, 0.1) is 6.10 Å². The zero-order chi connectivity index (χ0) is 14.3. The lowest BCUT2D eigenvalue weighted by Crippen LogP contribution is -2.28. The summed E-state index contributed by atoms with van der Waals surface area (Å²) in [7, 11) is 2.11. The molecule has 1 saturated heterocycles. The van der Waals surface area contributed by atoms with Crippen molar-refractivity contribution in [1.29, 1.82) is 0 Å². The Labute approximate surface area is 120 Å². The van der Waals surface area contributed by atoms with Crippen LogP contribution in [0.15, 0.2) is 0 Å². The van der Waals surface area contributed by atoms with Crippen LogP contribution in [0.4, 0.5) is 0 Å². The number of ether oxygens (including phenoxy) is 1. The first-order valence-corrected chi connectivity index (χ1v) is 8.19. The molecule has 1 rings (SSSR count). The number of hydrogen-bond acceptors (Lipinski definition) is 2. The molecule has 0 bridgehead atoms. The van der Waals surface area contributed by atoms with Gasteiger partial charge < -0.3 is 10.1 Å². The molecule has 1 heterocycles. The van der Waals surface area contributed by atoms with E-state index in [9.17, 15) is 0 Å². The van der Waals surface area contributed by atoms with Crippen LogP contribution >= 0.6 is 0 Å². The van der Waals surface area contributed by atoms with Gasteiger partial charge in [-0.15, -0.1) is 0 Å². The summed E-state index contributed by atoms with van der Waals surface area (Å²) in [6, 6.07) is 0.679. The lowest BCUT2D eigenvalue weighted by atomic mass is 9.82. The third-order valence-corrected chi connectivity index (χ3v) is 4.16. The first-order chi connectivity index (χ1) is 8.90. The van der Waals surface area contributed by atoms with E-state index >= 15 is 0 Å². The van der Waals surface area contributed by atoms with E-state index in [0.717, 1.165) is 12.5 Å². The molecule has 0 aromatic carbocycles. The summed E-state index contributed by atoms with van der Waals surface area (Å²) in [6.07, 6.45) is 9.59. The third kappa shape index (κ3) is 7.94. The first kappa shape index (κ1) is 17.0. The molecule has 0 saturated carbocycles. The van der Waals surface area contributed by atoms with Crippen molar-refractivity contribution in [2.45, 2.75) is 84.8 Å². The summed E-state index contributed by atoms with van der Waals surface area (Å²) in [5, 5.41) is 3.50. The molecule has 1 aliphatic rings. The lowest BCUT2D eigenvalue weighted by Gasteiger charge is -2.26. The molecule has 114 valence electrons. The zero-order valence-corrected chi connectivity index (χ0v) is 13.8. The van der Waals surface area contributed by atoms with E-state index in [2.05, 4.69) is 40.1 Å². The Morgan fingerprint density at radius 1 is 1.32 bits per heavy atom. The van der Waals surface area contributed by atoms with Crippen LogP contribution in [0.3, 0.4) is 0 Å². The maximum Gasteiger partial charge on any atom is 0.0576 e. The van der Waals surface area contributed by atoms with Gasteiger partial charge in [-0.3, -0.25) is 0 Å². The molecule has 0 aromatic heterocycles. The van der Waals surface area contributed by atoms with Crippen molar-refractivity contribution in [2.75, 3.05) is 13.7 Å². The molecule has 19 heavy (non-hydrogen) atoms. The van der Waals surface area contributed by atoms with Gasteiger partial charge in [-0.05, 0) is 63.3 Å². The summed E-state index contributed by atoms with van der Waals surface area (Å²) < 4.78 is 5.69. The maximum atomic E-state index is 5.69. The molecule has 1 fully saturated rings. The highest BCUT2D eigenvalue weighted by atomic mass is 16.5. The Hall–Kier alpha value is -0.0800. The minimum Gasteiger partial charge on any atom is -0.378 e. The number of hydrogen-bond donors (Lipinski definition) is 1. The van der Waals surface area contributed by atoms with Crippen molar-refractivity contribution in [3.8, 4) is 0 Å². The largest absolute Gasteiger partial charge is 0.378 e. The second-order valence-corrected chi connectivity index (χ2v) is 7.66. The van der Waals surface area contributed by atoms with E-state index in [4.69, 9.17) is 4.74 Å². The van der Waals surface area contributed by atoms with Gasteiger partial charge in [-0.1, -0.05) is 27.7 Å². The Bertz CT molecular complexity index is 228. The van der Waals surface area contributed by atoms with Gasteiger partial charge in [0.2, 0.25) is 0 Å². The lowest BCUT2D eigenvalue weighted by molar-refractivity contribution is 0.101. The summed E-state index contributed by atoms with van der Waals surface area (Å²) in [5.74, 6) is 0.806. The summed E-state index contributed by atoms with van der Waals surface area (Å²) >= 11 is 0. The third-order valence-electron chi connectivity index (χ3n) is 4.16. The van der Waals surface area contributed by atoms with E-state index in [1.807, 2.05) is 0 Å². The second-order valence-electron chi connectivity index (χ2n) is 7.66. The Balaban J connectivity index is 2.17. The average molecular weight is 269 g/mol. The highest BCUT2D eigenvalue weighted by molar-refractivity contribution is 4.74. The fraction of sp³-hybridized carbons (Fsp3) is 1.00. The minimum absolute atomic E-state index is 0.454. The molecular formula is C17H35NO. The normalized spacial score (nSPS) is 23.5. The predicted molar refractivity (Wildman–Crippen MR) is 83.5 cm³/mol. The smallest absolute Gasteiger partial charge is 0.0576 e. The van der Waals surface area contributed by atoms with E-state index < -0.39 is 0 Å². The molecule has 1 aliphatic heterocycles. The van der Waals surface area contributed by atoms with Crippen LogP contribution < -0.4 is 5.32 Å². The summed E-state index contributed by atoms with van der Waals surface area (Å²) in [5.41, 5.74) is 0.454. The van der Waals surface area contributed by atoms with E-state index in [0.29, 0.717) is 17.6 Å². The number of rotatable bonds is 8. The van der Waals surface area contributed by atoms with Crippen molar-refractivity contribution < 1.29 is 4.74 Å². The standard InChI is InChI=1S/C17H35NO/c1-14(13-17(2,3)4)12-15(18-5)8-6-9-16-10-7-11-19-16/h14-16,18H,6-13H2,1-5H3. The number of nitrogens with one attached hydrogen (secondary N) is 1. The van der Waals surface area contributed by atoms with E-state index in [1.54, 1.807) is 0 Å². The summed E-state index contributed by atoms with van der Waals surface area (Å²) in [4.78, 5) is 0. The first-order valence-electron chi connectivity index (χ1n) is 8.19. The van der Waals surface area contributed by atoms with Gasteiger partial charge in [0.15, 0.2) is 0 Å². The monoisotopic (exact) mass is 269 g/mol. The zero-order valence-electron chi connectivity index (χ0n) is 13.8. The molecule has 0 spiro atoms. The van der Waals surface area contributed by atoms with Crippen LogP contribution in [0.1, 0.15) is 72.6 Å². The highest BCUT2D eigenvalue weighted by Gasteiger charge is 2.19. The van der Waals surface area contributed by atoms with Crippen LogP contribution in [0.5, 0.6) is 0 Å². The highest BCUT2D eigenvalue weighted by Crippen LogP contribution is 2.27. The Morgan fingerprint density at radius 3 is 2.58 bits per heavy atom. The molecule has 2 heteroatoms. The molecule has 3 atom stereocenters. The second kappa shape index (κ2) is 8.26. The SMILES string of the molecule is CNC(CCCC1CCCO1)CC(C)CC(C)(C)C. The fourth-order valence-electron chi connectivity index (χ4n) is 3.46. The van der Waals surface area contributed by atoms with Gasteiger partial charge in [0, 0.05) is 12.6 Å². The fourth-order valence-corrected chi connectivity index (χ4v) is 3.46.